The van der Waals surface area contributed by atoms with Crippen LogP contribution in [0, 0.1) is 0 Å². The number of anilines is 1. The first-order chi connectivity index (χ1) is 11.6. The van der Waals surface area contributed by atoms with Crippen molar-refractivity contribution in [3.05, 3.63) is 53.1 Å². The molecule has 0 saturated carbocycles. The fourth-order valence-electron chi connectivity index (χ4n) is 2.31. The quantitative estimate of drug-likeness (QED) is 0.752. The van der Waals surface area contributed by atoms with Gasteiger partial charge in [0.25, 0.3) is 0 Å². The standard InChI is InChI=1S/C19H22ClNO3/c1-3-23-16-9-10-18(24-4-2)17(13-16)21-19(22)11-8-14-6-5-7-15(20)12-14/h5-7,9-10,12-13H,3-4,8,11H2,1-2H3,(H,21,22). The van der Waals surface area contributed by atoms with E-state index in [4.69, 9.17) is 21.1 Å². The number of hydrogen-bond donors (Lipinski definition) is 1. The van der Waals surface area contributed by atoms with Gasteiger partial charge in [0, 0.05) is 17.5 Å². The van der Waals surface area contributed by atoms with E-state index in [1.807, 2.05) is 44.2 Å². The lowest BCUT2D eigenvalue weighted by Gasteiger charge is -2.13. The molecule has 0 aromatic heterocycles. The third-order valence-corrected chi connectivity index (χ3v) is 3.60. The second kappa shape index (κ2) is 9.18. The Bertz CT molecular complexity index is 688. The van der Waals surface area contributed by atoms with Gasteiger partial charge < -0.3 is 14.8 Å². The van der Waals surface area contributed by atoms with Crippen molar-refractivity contribution in [2.24, 2.45) is 0 Å². The Morgan fingerprint density at radius 3 is 2.58 bits per heavy atom. The number of aryl methyl sites for hydroxylation is 1. The summed E-state index contributed by atoms with van der Waals surface area (Å²) in [7, 11) is 0. The molecule has 4 nitrogen and oxygen atoms in total. The second-order valence-corrected chi connectivity index (χ2v) is 5.64. The number of nitrogens with one attached hydrogen (secondary N) is 1. The Hall–Kier alpha value is -2.20. The molecule has 0 fully saturated rings. The van der Waals surface area contributed by atoms with Crippen LogP contribution in [0.4, 0.5) is 5.69 Å². The highest BCUT2D eigenvalue weighted by Gasteiger charge is 2.10. The first-order valence-corrected chi connectivity index (χ1v) is 8.44. The molecular formula is C19H22ClNO3. The van der Waals surface area contributed by atoms with Crippen molar-refractivity contribution < 1.29 is 14.3 Å². The molecular weight excluding hydrogens is 326 g/mol. The number of halogens is 1. The van der Waals surface area contributed by atoms with Gasteiger partial charge in [0.2, 0.25) is 5.91 Å². The first-order valence-electron chi connectivity index (χ1n) is 8.06. The van der Waals surface area contributed by atoms with Crippen LogP contribution in [-0.4, -0.2) is 19.1 Å². The van der Waals surface area contributed by atoms with Crippen LogP contribution in [-0.2, 0) is 11.2 Å². The first kappa shape index (κ1) is 18.1. The van der Waals surface area contributed by atoms with Crippen LogP contribution in [0.25, 0.3) is 0 Å². The molecule has 24 heavy (non-hydrogen) atoms. The highest BCUT2D eigenvalue weighted by molar-refractivity contribution is 6.30. The maximum atomic E-state index is 12.3. The van der Waals surface area contributed by atoms with Gasteiger partial charge in [0.15, 0.2) is 0 Å². The smallest absolute Gasteiger partial charge is 0.224 e. The fraction of sp³-hybridized carbons (Fsp3) is 0.316. The number of amides is 1. The van der Waals surface area contributed by atoms with Crippen LogP contribution in [0.15, 0.2) is 42.5 Å². The Balaban J connectivity index is 2.02. The van der Waals surface area contributed by atoms with Gasteiger partial charge in [-0.2, -0.15) is 0 Å². The highest BCUT2D eigenvalue weighted by atomic mass is 35.5. The molecule has 2 aromatic carbocycles. The molecule has 0 aliphatic rings. The Kier molecular flexibility index (Phi) is 6.94. The average Bonchev–Trinajstić information content (AvgIpc) is 2.56. The van der Waals surface area contributed by atoms with Crippen molar-refractivity contribution >= 4 is 23.2 Å². The average molecular weight is 348 g/mol. The molecule has 0 atom stereocenters. The van der Waals surface area contributed by atoms with Gasteiger partial charge in [-0.1, -0.05) is 23.7 Å². The van der Waals surface area contributed by atoms with Crippen LogP contribution in [0.3, 0.4) is 0 Å². The van der Waals surface area contributed by atoms with Crippen molar-refractivity contribution in [1.82, 2.24) is 0 Å². The summed E-state index contributed by atoms with van der Waals surface area (Å²) in [6.45, 7) is 4.91. The van der Waals surface area contributed by atoms with Gasteiger partial charge in [0.1, 0.15) is 11.5 Å². The largest absolute Gasteiger partial charge is 0.494 e. The van der Waals surface area contributed by atoms with E-state index in [-0.39, 0.29) is 5.91 Å². The highest BCUT2D eigenvalue weighted by Crippen LogP contribution is 2.29. The van der Waals surface area contributed by atoms with Crippen LogP contribution >= 0.6 is 11.6 Å². The minimum Gasteiger partial charge on any atom is -0.494 e. The van der Waals surface area contributed by atoms with E-state index < -0.39 is 0 Å². The predicted molar refractivity (Wildman–Crippen MR) is 97.2 cm³/mol. The second-order valence-electron chi connectivity index (χ2n) is 5.20. The molecule has 0 spiro atoms. The van der Waals surface area contributed by atoms with Crippen molar-refractivity contribution in [3.8, 4) is 11.5 Å². The van der Waals surface area contributed by atoms with Gasteiger partial charge in [-0.15, -0.1) is 0 Å². The minimum absolute atomic E-state index is 0.0791. The number of hydrogen-bond acceptors (Lipinski definition) is 3. The van der Waals surface area contributed by atoms with E-state index in [0.29, 0.717) is 48.3 Å². The lowest BCUT2D eigenvalue weighted by atomic mass is 10.1. The summed E-state index contributed by atoms with van der Waals surface area (Å²) < 4.78 is 11.0. The normalized spacial score (nSPS) is 10.3. The molecule has 5 heteroatoms. The van der Waals surface area contributed by atoms with Gasteiger partial charge >= 0.3 is 0 Å². The number of carbonyl (C=O) groups is 1. The van der Waals surface area contributed by atoms with Crippen LogP contribution in [0.2, 0.25) is 5.02 Å². The number of rotatable bonds is 8. The predicted octanol–water partition coefficient (Wildman–Crippen LogP) is 4.71. The summed E-state index contributed by atoms with van der Waals surface area (Å²) in [6, 6.07) is 13.0. The van der Waals surface area contributed by atoms with E-state index in [1.54, 1.807) is 12.1 Å². The van der Waals surface area contributed by atoms with Crippen LogP contribution in [0.1, 0.15) is 25.8 Å². The maximum Gasteiger partial charge on any atom is 0.224 e. The lowest BCUT2D eigenvalue weighted by Crippen LogP contribution is -2.13. The summed E-state index contributed by atoms with van der Waals surface area (Å²) >= 11 is 5.96. The van der Waals surface area contributed by atoms with Crippen molar-refractivity contribution in [2.75, 3.05) is 18.5 Å². The zero-order chi connectivity index (χ0) is 17.4. The molecule has 1 amide bonds. The van der Waals surface area contributed by atoms with Gasteiger partial charge in [-0.3, -0.25) is 4.79 Å². The number of carbonyl (C=O) groups excluding carboxylic acids is 1. The number of ether oxygens (including phenoxy) is 2. The van der Waals surface area contributed by atoms with Gasteiger partial charge in [0.05, 0.1) is 18.9 Å². The van der Waals surface area contributed by atoms with E-state index >= 15 is 0 Å². The summed E-state index contributed by atoms with van der Waals surface area (Å²) in [5.74, 6) is 1.26. The molecule has 0 bridgehead atoms. The maximum absolute atomic E-state index is 12.3. The van der Waals surface area contributed by atoms with Crippen molar-refractivity contribution in [2.45, 2.75) is 26.7 Å². The van der Waals surface area contributed by atoms with E-state index in [2.05, 4.69) is 5.32 Å². The number of benzene rings is 2. The SMILES string of the molecule is CCOc1ccc(OCC)c(NC(=O)CCc2cccc(Cl)c2)c1. The third-order valence-electron chi connectivity index (χ3n) is 3.37. The molecule has 128 valence electrons. The topological polar surface area (TPSA) is 47.6 Å². The summed E-state index contributed by atoms with van der Waals surface area (Å²) in [4.78, 5) is 12.3. The summed E-state index contributed by atoms with van der Waals surface area (Å²) in [5, 5.41) is 3.58. The Morgan fingerprint density at radius 2 is 1.88 bits per heavy atom. The molecule has 2 rings (SSSR count). The molecule has 0 radical (unpaired) electrons. The van der Waals surface area contributed by atoms with Crippen LogP contribution < -0.4 is 14.8 Å². The molecule has 1 N–H and O–H groups in total. The lowest BCUT2D eigenvalue weighted by molar-refractivity contribution is -0.116. The Labute approximate surface area is 147 Å². The van der Waals surface area contributed by atoms with Gasteiger partial charge in [-0.25, -0.2) is 0 Å². The van der Waals surface area contributed by atoms with Gasteiger partial charge in [-0.05, 0) is 50.1 Å². The molecule has 0 heterocycles. The zero-order valence-electron chi connectivity index (χ0n) is 14.0. The minimum atomic E-state index is -0.0791. The molecule has 0 saturated heterocycles. The summed E-state index contributed by atoms with van der Waals surface area (Å²) in [6.07, 6.45) is 0.992. The molecule has 2 aromatic rings. The van der Waals surface area contributed by atoms with Crippen LogP contribution in [0.5, 0.6) is 11.5 Å². The van der Waals surface area contributed by atoms with E-state index in [9.17, 15) is 4.79 Å². The van der Waals surface area contributed by atoms with Crippen molar-refractivity contribution in [1.29, 1.82) is 0 Å². The monoisotopic (exact) mass is 347 g/mol. The Morgan fingerprint density at radius 1 is 1.08 bits per heavy atom. The third kappa shape index (κ3) is 5.46. The molecule has 0 unspecified atom stereocenters. The molecule has 0 aliphatic heterocycles. The summed E-state index contributed by atoms with van der Waals surface area (Å²) in [5.41, 5.74) is 1.66. The zero-order valence-corrected chi connectivity index (χ0v) is 14.7. The van der Waals surface area contributed by atoms with Crippen molar-refractivity contribution in [3.63, 3.8) is 0 Å². The fourth-order valence-corrected chi connectivity index (χ4v) is 2.52. The molecule has 0 aliphatic carbocycles. The van der Waals surface area contributed by atoms with E-state index in [0.717, 1.165) is 5.56 Å². The van der Waals surface area contributed by atoms with E-state index in [1.165, 1.54) is 0 Å².